The van der Waals surface area contributed by atoms with Gasteiger partial charge >= 0.3 is 0 Å². The standard InChI is InChI=1S/C34H32ClN3O4S/c1-4-31(34(41)37-26-18-17-22(2)28(35)21-26)43-27-15-10-14-25(20-27)36-33(40)29(19-24-13-8-9-16-30(24)42-3)38-32(39)23-11-6-5-7-12-23/h5-21,31H,4H2,1-3H3,(H,36,40)(H,37,41)(H,38,39)/b29-19+. The number of hydrogen-bond donors (Lipinski definition) is 3. The van der Waals surface area contributed by atoms with Gasteiger partial charge in [0.05, 0.1) is 12.4 Å². The largest absolute Gasteiger partial charge is 0.496 e. The third-order valence-electron chi connectivity index (χ3n) is 6.44. The van der Waals surface area contributed by atoms with Gasteiger partial charge in [0, 0.05) is 32.4 Å². The second-order valence-corrected chi connectivity index (χ2v) is 11.3. The first kappa shape index (κ1) is 31.4. The Morgan fingerprint density at radius 2 is 1.60 bits per heavy atom. The predicted molar refractivity (Wildman–Crippen MR) is 175 cm³/mol. The molecule has 0 aliphatic rings. The summed E-state index contributed by atoms with van der Waals surface area (Å²) in [6.07, 6.45) is 2.16. The van der Waals surface area contributed by atoms with Crippen molar-refractivity contribution in [2.45, 2.75) is 30.4 Å². The Hall–Kier alpha value is -4.53. The van der Waals surface area contributed by atoms with Crippen LogP contribution in [0.4, 0.5) is 11.4 Å². The number of hydrogen-bond acceptors (Lipinski definition) is 5. The first-order chi connectivity index (χ1) is 20.8. The number of benzene rings is 4. The number of para-hydroxylation sites is 1. The van der Waals surface area contributed by atoms with Gasteiger partial charge in [-0.1, -0.05) is 67.1 Å². The highest BCUT2D eigenvalue weighted by atomic mass is 35.5. The van der Waals surface area contributed by atoms with Crippen molar-refractivity contribution in [1.29, 1.82) is 0 Å². The average molecular weight is 614 g/mol. The lowest BCUT2D eigenvalue weighted by Gasteiger charge is -2.16. The van der Waals surface area contributed by atoms with Crippen LogP contribution < -0.4 is 20.7 Å². The van der Waals surface area contributed by atoms with Crippen molar-refractivity contribution >= 4 is 58.5 Å². The number of rotatable bonds is 11. The number of anilines is 2. The lowest BCUT2D eigenvalue weighted by molar-refractivity contribution is -0.116. The number of thioether (sulfide) groups is 1. The maximum Gasteiger partial charge on any atom is 0.272 e. The van der Waals surface area contributed by atoms with Crippen LogP contribution in [0, 0.1) is 6.92 Å². The minimum atomic E-state index is -0.515. The van der Waals surface area contributed by atoms with E-state index >= 15 is 0 Å². The van der Waals surface area contributed by atoms with E-state index in [0.717, 1.165) is 10.5 Å². The van der Waals surface area contributed by atoms with E-state index in [1.54, 1.807) is 66.7 Å². The zero-order valence-electron chi connectivity index (χ0n) is 24.0. The van der Waals surface area contributed by atoms with E-state index < -0.39 is 11.8 Å². The molecule has 3 N–H and O–H groups in total. The highest BCUT2D eigenvalue weighted by Gasteiger charge is 2.20. The lowest BCUT2D eigenvalue weighted by atomic mass is 10.1. The summed E-state index contributed by atoms with van der Waals surface area (Å²) in [5.41, 5.74) is 3.15. The van der Waals surface area contributed by atoms with Gasteiger partial charge in [0.25, 0.3) is 11.8 Å². The number of carbonyl (C=O) groups is 3. The zero-order chi connectivity index (χ0) is 30.8. The first-order valence-electron chi connectivity index (χ1n) is 13.6. The summed E-state index contributed by atoms with van der Waals surface area (Å²) >= 11 is 7.61. The second-order valence-electron chi connectivity index (χ2n) is 9.57. The number of nitrogens with one attached hydrogen (secondary N) is 3. The van der Waals surface area contributed by atoms with Crippen LogP contribution in [0.25, 0.3) is 6.08 Å². The number of ether oxygens (including phenoxy) is 1. The van der Waals surface area contributed by atoms with Gasteiger partial charge in [-0.15, -0.1) is 11.8 Å². The molecule has 1 atom stereocenters. The van der Waals surface area contributed by atoms with Crippen LogP contribution in [0.15, 0.2) is 108 Å². The fraction of sp³-hybridized carbons (Fsp3) is 0.147. The molecule has 0 radical (unpaired) electrons. The van der Waals surface area contributed by atoms with Crippen LogP contribution in [0.3, 0.4) is 0 Å². The molecule has 0 aromatic heterocycles. The summed E-state index contributed by atoms with van der Waals surface area (Å²) in [6.45, 7) is 3.84. The Morgan fingerprint density at radius 1 is 0.884 bits per heavy atom. The molecule has 0 aliphatic heterocycles. The van der Waals surface area contributed by atoms with Gasteiger partial charge in [-0.25, -0.2) is 0 Å². The summed E-state index contributed by atoms with van der Waals surface area (Å²) in [6, 6.07) is 28.5. The molecular weight excluding hydrogens is 582 g/mol. The molecule has 4 aromatic rings. The molecular formula is C34H32ClN3O4S. The molecule has 1 unspecified atom stereocenters. The quantitative estimate of drug-likeness (QED) is 0.120. The van der Waals surface area contributed by atoms with E-state index in [4.69, 9.17) is 16.3 Å². The van der Waals surface area contributed by atoms with Gasteiger partial charge in [-0.05, 0) is 73.5 Å². The molecule has 3 amide bonds. The average Bonchev–Trinajstić information content (AvgIpc) is 3.02. The van der Waals surface area contributed by atoms with Crippen molar-refractivity contribution in [2.75, 3.05) is 17.7 Å². The van der Waals surface area contributed by atoms with Gasteiger partial charge in [0.15, 0.2) is 0 Å². The van der Waals surface area contributed by atoms with Crippen LogP contribution in [0.5, 0.6) is 5.75 Å². The van der Waals surface area contributed by atoms with Crippen molar-refractivity contribution in [1.82, 2.24) is 5.32 Å². The van der Waals surface area contributed by atoms with E-state index in [2.05, 4.69) is 16.0 Å². The SMILES string of the molecule is CCC(Sc1cccc(NC(=O)/C(=C\c2ccccc2OC)NC(=O)c2ccccc2)c1)C(=O)Nc1ccc(C)c(Cl)c1. The van der Waals surface area contributed by atoms with Gasteiger partial charge in [0.2, 0.25) is 5.91 Å². The summed E-state index contributed by atoms with van der Waals surface area (Å²) < 4.78 is 5.43. The van der Waals surface area contributed by atoms with Crippen LogP contribution in [0.1, 0.15) is 34.8 Å². The maximum atomic E-state index is 13.5. The molecule has 220 valence electrons. The van der Waals surface area contributed by atoms with Crippen LogP contribution in [-0.2, 0) is 9.59 Å². The predicted octanol–water partition coefficient (Wildman–Crippen LogP) is 7.58. The van der Waals surface area contributed by atoms with Gasteiger partial charge < -0.3 is 20.7 Å². The summed E-state index contributed by atoms with van der Waals surface area (Å²) in [4.78, 5) is 40.3. The molecule has 0 aliphatic carbocycles. The Morgan fingerprint density at radius 3 is 2.33 bits per heavy atom. The normalized spacial score (nSPS) is 11.8. The Kier molecular flexibility index (Phi) is 11.0. The smallest absolute Gasteiger partial charge is 0.272 e. The molecule has 0 heterocycles. The highest BCUT2D eigenvalue weighted by Crippen LogP contribution is 2.29. The number of aryl methyl sites for hydroxylation is 1. The minimum absolute atomic E-state index is 0.0407. The van der Waals surface area contributed by atoms with E-state index in [0.29, 0.717) is 39.7 Å². The van der Waals surface area contributed by atoms with Gasteiger partial charge in [0.1, 0.15) is 11.4 Å². The van der Waals surface area contributed by atoms with Crippen molar-refractivity contribution in [3.63, 3.8) is 0 Å². The Labute approximate surface area is 260 Å². The zero-order valence-corrected chi connectivity index (χ0v) is 25.6. The first-order valence-corrected chi connectivity index (χ1v) is 14.9. The van der Waals surface area contributed by atoms with Gasteiger partial charge in [-0.3, -0.25) is 14.4 Å². The maximum absolute atomic E-state index is 13.5. The van der Waals surface area contributed by atoms with Crippen LogP contribution in [-0.4, -0.2) is 30.1 Å². The fourth-order valence-corrected chi connectivity index (χ4v) is 5.30. The van der Waals surface area contributed by atoms with E-state index in [9.17, 15) is 14.4 Å². The third kappa shape index (κ3) is 8.73. The van der Waals surface area contributed by atoms with Crippen molar-refractivity contribution in [3.05, 3.63) is 124 Å². The molecule has 0 saturated heterocycles. The van der Waals surface area contributed by atoms with E-state index in [1.807, 2.05) is 50.2 Å². The molecule has 9 heteroatoms. The summed E-state index contributed by atoms with van der Waals surface area (Å²) in [5.74, 6) is -0.532. The minimum Gasteiger partial charge on any atom is -0.496 e. The van der Waals surface area contributed by atoms with E-state index in [1.165, 1.54) is 18.9 Å². The fourth-order valence-electron chi connectivity index (χ4n) is 4.11. The van der Waals surface area contributed by atoms with Crippen LogP contribution in [0.2, 0.25) is 5.02 Å². The number of carbonyl (C=O) groups excluding carboxylic acids is 3. The number of methoxy groups -OCH3 is 1. The number of amides is 3. The summed E-state index contributed by atoms with van der Waals surface area (Å²) in [7, 11) is 1.54. The molecule has 0 bridgehead atoms. The third-order valence-corrected chi connectivity index (χ3v) is 8.21. The van der Waals surface area contributed by atoms with Crippen molar-refractivity contribution in [3.8, 4) is 5.75 Å². The molecule has 43 heavy (non-hydrogen) atoms. The Balaban J connectivity index is 1.52. The molecule has 7 nitrogen and oxygen atoms in total. The van der Waals surface area contributed by atoms with Gasteiger partial charge in [-0.2, -0.15) is 0 Å². The Bertz CT molecular complexity index is 1640. The van der Waals surface area contributed by atoms with E-state index in [-0.39, 0.29) is 16.9 Å². The topological polar surface area (TPSA) is 96.5 Å². The summed E-state index contributed by atoms with van der Waals surface area (Å²) in [5, 5.41) is 8.76. The highest BCUT2D eigenvalue weighted by molar-refractivity contribution is 8.00. The van der Waals surface area contributed by atoms with Crippen molar-refractivity contribution in [2.24, 2.45) is 0 Å². The molecule has 0 saturated carbocycles. The van der Waals surface area contributed by atoms with Crippen molar-refractivity contribution < 1.29 is 19.1 Å². The van der Waals surface area contributed by atoms with Crippen LogP contribution >= 0.6 is 23.4 Å². The molecule has 4 aromatic carbocycles. The molecule has 4 rings (SSSR count). The monoisotopic (exact) mass is 613 g/mol. The second kappa shape index (κ2) is 15.1. The molecule has 0 fully saturated rings. The number of halogens is 1. The molecule has 0 spiro atoms. The lowest BCUT2D eigenvalue weighted by Crippen LogP contribution is -2.30.